The number of benzene rings is 1. The standard InChI is InChI=1S/C15H16BrClN2OS/c1-19(9-13-6-7-14(16)21-13)10-15(20)18-8-11-2-4-12(17)5-3-11/h2-7H,8-10H2,1H3,(H,18,20). The van der Waals surface area contributed by atoms with Crippen molar-refractivity contribution in [2.24, 2.45) is 0 Å². The molecule has 1 amide bonds. The van der Waals surface area contributed by atoms with Crippen molar-refractivity contribution in [2.75, 3.05) is 13.6 Å². The molecule has 0 aliphatic rings. The van der Waals surface area contributed by atoms with Crippen molar-refractivity contribution < 1.29 is 4.79 Å². The number of thiophene rings is 1. The van der Waals surface area contributed by atoms with Gasteiger partial charge in [0.2, 0.25) is 5.91 Å². The Morgan fingerprint density at radius 2 is 2.00 bits per heavy atom. The third kappa shape index (κ3) is 5.79. The van der Waals surface area contributed by atoms with Crippen LogP contribution in [0, 0.1) is 0 Å². The van der Waals surface area contributed by atoms with Crippen LogP contribution in [0.5, 0.6) is 0 Å². The smallest absolute Gasteiger partial charge is 0.234 e. The summed E-state index contributed by atoms with van der Waals surface area (Å²) in [4.78, 5) is 15.1. The highest BCUT2D eigenvalue weighted by atomic mass is 79.9. The number of likely N-dealkylation sites (N-methyl/N-ethyl adjacent to an activating group) is 1. The van der Waals surface area contributed by atoms with E-state index in [4.69, 9.17) is 11.6 Å². The lowest BCUT2D eigenvalue weighted by Gasteiger charge is -2.15. The maximum Gasteiger partial charge on any atom is 0.234 e. The first-order valence-electron chi connectivity index (χ1n) is 6.47. The Bertz CT molecular complexity index is 600. The number of nitrogens with one attached hydrogen (secondary N) is 1. The highest BCUT2D eigenvalue weighted by Gasteiger charge is 2.08. The van der Waals surface area contributed by atoms with Crippen molar-refractivity contribution in [1.29, 1.82) is 0 Å². The molecule has 0 atom stereocenters. The number of amides is 1. The minimum absolute atomic E-state index is 0.0167. The summed E-state index contributed by atoms with van der Waals surface area (Å²) in [6.07, 6.45) is 0. The maximum atomic E-state index is 11.9. The summed E-state index contributed by atoms with van der Waals surface area (Å²) in [7, 11) is 1.94. The Morgan fingerprint density at radius 3 is 2.62 bits per heavy atom. The first-order valence-corrected chi connectivity index (χ1v) is 8.45. The Hall–Kier alpha value is -0.880. The number of hydrogen-bond donors (Lipinski definition) is 1. The van der Waals surface area contributed by atoms with Crippen LogP contribution < -0.4 is 5.32 Å². The third-order valence-corrected chi connectivity index (χ3v) is 4.73. The fourth-order valence-electron chi connectivity index (χ4n) is 1.86. The van der Waals surface area contributed by atoms with Gasteiger partial charge < -0.3 is 5.32 Å². The fourth-order valence-corrected chi connectivity index (χ4v) is 3.55. The monoisotopic (exact) mass is 386 g/mol. The molecule has 112 valence electrons. The first-order chi connectivity index (χ1) is 10.0. The van der Waals surface area contributed by atoms with Crippen LogP contribution in [0.15, 0.2) is 40.2 Å². The number of rotatable bonds is 6. The summed E-state index contributed by atoms with van der Waals surface area (Å²) in [5, 5.41) is 3.61. The zero-order valence-corrected chi connectivity index (χ0v) is 14.8. The van der Waals surface area contributed by atoms with Crippen LogP contribution in [0.1, 0.15) is 10.4 Å². The number of carbonyl (C=O) groups excluding carboxylic acids is 1. The zero-order valence-electron chi connectivity index (χ0n) is 11.6. The van der Waals surface area contributed by atoms with Crippen molar-refractivity contribution in [2.45, 2.75) is 13.1 Å². The van der Waals surface area contributed by atoms with E-state index in [1.54, 1.807) is 11.3 Å². The molecule has 0 spiro atoms. The van der Waals surface area contributed by atoms with Gasteiger partial charge >= 0.3 is 0 Å². The van der Waals surface area contributed by atoms with Crippen molar-refractivity contribution >= 4 is 44.8 Å². The molecular weight excluding hydrogens is 372 g/mol. The predicted octanol–water partition coefficient (Wildman–Crippen LogP) is 3.91. The minimum atomic E-state index is 0.0167. The molecule has 6 heteroatoms. The quantitative estimate of drug-likeness (QED) is 0.815. The number of halogens is 2. The summed E-state index contributed by atoms with van der Waals surface area (Å²) >= 11 is 11.0. The van der Waals surface area contributed by atoms with E-state index in [1.165, 1.54) is 4.88 Å². The number of carbonyl (C=O) groups is 1. The Kier molecular flexibility index (Phi) is 6.23. The topological polar surface area (TPSA) is 32.3 Å². The van der Waals surface area contributed by atoms with Gasteiger partial charge in [0.05, 0.1) is 10.3 Å². The van der Waals surface area contributed by atoms with E-state index in [2.05, 4.69) is 27.3 Å². The normalized spacial score (nSPS) is 10.9. The first kappa shape index (κ1) is 16.5. The van der Waals surface area contributed by atoms with Crippen LogP contribution >= 0.6 is 38.9 Å². The van der Waals surface area contributed by atoms with E-state index in [9.17, 15) is 4.79 Å². The molecule has 1 aromatic carbocycles. The summed E-state index contributed by atoms with van der Waals surface area (Å²) in [6, 6.07) is 11.6. The van der Waals surface area contributed by atoms with Crippen LogP contribution in [0.2, 0.25) is 5.02 Å². The van der Waals surface area contributed by atoms with E-state index in [0.29, 0.717) is 18.1 Å². The third-order valence-electron chi connectivity index (χ3n) is 2.87. The molecule has 3 nitrogen and oxygen atoms in total. The Balaban J connectivity index is 1.74. The molecular formula is C15H16BrClN2OS. The summed E-state index contributed by atoms with van der Waals surface area (Å²) in [5.41, 5.74) is 1.04. The second kappa shape index (κ2) is 7.94. The molecule has 1 N–H and O–H groups in total. The second-order valence-corrected chi connectivity index (χ2v) is 7.77. The van der Waals surface area contributed by atoms with Gasteiger partial charge in [-0.15, -0.1) is 11.3 Å². The molecule has 0 unspecified atom stereocenters. The van der Waals surface area contributed by atoms with Gasteiger partial charge in [-0.1, -0.05) is 23.7 Å². The van der Waals surface area contributed by atoms with Crippen molar-refractivity contribution in [3.63, 3.8) is 0 Å². The number of hydrogen-bond acceptors (Lipinski definition) is 3. The average Bonchev–Trinajstić information content (AvgIpc) is 2.83. The van der Waals surface area contributed by atoms with Crippen LogP contribution in [0.25, 0.3) is 0 Å². The average molecular weight is 388 g/mol. The van der Waals surface area contributed by atoms with Crippen molar-refractivity contribution in [3.05, 3.63) is 55.6 Å². The Morgan fingerprint density at radius 1 is 1.29 bits per heavy atom. The molecule has 1 aromatic heterocycles. The van der Waals surface area contributed by atoms with Gasteiger partial charge in [-0.05, 0) is 52.8 Å². The van der Waals surface area contributed by atoms with E-state index in [0.717, 1.165) is 15.9 Å². The van der Waals surface area contributed by atoms with Crippen LogP contribution in [0.4, 0.5) is 0 Å². The lowest BCUT2D eigenvalue weighted by Crippen LogP contribution is -2.34. The van der Waals surface area contributed by atoms with Crippen LogP contribution in [-0.4, -0.2) is 24.4 Å². The largest absolute Gasteiger partial charge is 0.351 e. The van der Waals surface area contributed by atoms with Crippen LogP contribution in [0.3, 0.4) is 0 Å². The molecule has 0 radical (unpaired) electrons. The molecule has 2 rings (SSSR count). The van der Waals surface area contributed by atoms with Gasteiger partial charge in [-0.3, -0.25) is 9.69 Å². The highest BCUT2D eigenvalue weighted by molar-refractivity contribution is 9.11. The van der Waals surface area contributed by atoms with E-state index < -0.39 is 0 Å². The second-order valence-electron chi connectivity index (χ2n) is 4.78. The fraction of sp³-hybridized carbons (Fsp3) is 0.267. The zero-order chi connectivity index (χ0) is 15.2. The molecule has 0 saturated carbocycles. The molecule has 0 aliphatic carbocycles. The van der Waals surface area contributed by atoms with E-state index in [1.807, 2.05) is 42.3 Å². The summed E-state index contributed by atoms with van der Waals surface area (Å²) in [6.45, 7) is 1.67. The predicted molar refractivity (Wildman–Crippen MR) is 91.7 cm³/mol. The van der Waals surface area contributed by atoms with Crippen LogP contribution in [-0.2, 0) is 17.9 Å². The van der Waals surface area contributed by atoms with Crippen molar-refractivity contribution in [3.8, 4) is 0 Å². The Labute approximate surface area is 142 Å². The molecule has 0 saturated heterocycles. The summed E-state index contributed by atoms with van der Waals surface area (Å²) in [5.74, 6) is 0.0167. The lowest BCUT2D eigenvalue weighted by molar-refractivity contribution is -0.122. The van der Waals surface area contributed by atoms with Gasteiger partial charge in [-0.2, -0.15) is 0 Å². The highest BCUT2D eigenvalue weighted by Crippen LogP contribution is 2.22. The van der Waals surface area contributed by atoms with Gasteiger partial charge in [0, 0.05) is 23.0 Å². The van der Waals surface area contributed by atoms with E-state index >= 15 is 0 Å². The van der Waals surface area contributed by atoms with E-state index in [-0.39, 0.29) is 5.91 Å². The molecule has 1 heterocycles. The number of nitrogens with zero attached hydrogens (tertiary/aromatic N) is 1. The molecule has 21 heavy (non-hydrogen) atoms. The molecule has 0 aliphatic heterocycles. The van der Waals surface area contributed by atoms with Crippen molar-refractivity contribution in [1.82, 2.24) is 10.2 Å². The molecule has 2 aromatic rings. The molecule has 0 fully saturated rings. The summed E-state index contributed by atoms with van der Waals surface area (Å²) < 4.78 is 1.11. The maximum absolute atomic E-state index is 11.9. The van der Waals surface area contributed by atoms with Gasteiger partial charge in [0.15, 0.2) is 0 Å². The van der Waals surface area contributed by atoms with Gasteiger partial charge in [0.25, 0.3) is 0 Å². The molecule has 0 bridgehead atoms. The lowest BCUT2D eigenvalue weighted by atomic mass is 10.2. The SMILES string of the molecule is CN(CC(=O)NCc1ccc(Cl)cc1)Cc1ccc(Br)s1. The minimum Gasteiger partial charge on any atom is -0.351 e. The van der Waals surface area contributed by atoms with Gasteiger partial charge in [0.1, 0.15) is 0 Å². The van der Waals surface area contributed by atoms with Gasteiger partial charge in [-0.25, -0.2) is 0 Å².